The van der Waals surface area contributed by atoms with E-state index in [1.54, 1.807) is 7.11 Å². The van der Waals surface area contributed by atoms with Crippen LogP contribution < -0.4 is 9.47 Å². The molecule has 0 saturated carbocycles. The highest BCUT2D eigenvalue weighted by molar-refractivity contribution is 9.10. The van der Waals surface area contributed by atoms with Crippen molar-refractivity contribution in [2.24, 2.45) is 0 Å². The largest absolute Gasteiger partial charge is 0.496 e. The molecular formula is C15H15Br2NO2. The lowest BCUT2D eigenvalue weighted by atomic mass is 10.2. The summed E-state index contributed by atoms with van der Waals surface area (Å²) in [6.07, 6.45) is 0. The average Bonchev–Trinajstić information content (AvgIpc) is 2.46. The highest BCUT2D eigenvalue weighted by Gasteiger charge is 2.08. The van der Waals surface area contributed by atoms with Crippen molar-refractivity contribution in [3.05, 3.63) is 51.8 Å². The van der Waals surface area contributed by atoms with E-state index >= 15 is 0 Å². The van der Waals surface area contributed by atoms with Crippen LogP contribution in [0.3, 0.4) is 0 Å². The molecule has 20 heavy (non-hydrogen) atoms. The molecule has 0 amide bonds. The molecule has 0 unspecified atom stereocenters. The molecule has 0 saturated heterocycles. The lowest BCUT2D eigenvalue weighted by Gasteiger charge is -2.12. The van der Waals surface area contributed by atoms with E-state index in [1.807, 2.05) is 37.3 Å². The van der Waals surface area contributed by atoms with Crippen molar-refractivity contribution in [3.8, 4) is 11.5 Å². The van der Waals surface area contributed by atoms with Gasteiger partial charge in [0.05, 0.1) is 12.8 Å². The van der Waals surface area contributed by atoms with Crippen molar-refractivity contribution in [1.82, 2.24) is 4.98 Å². The summed E-state index contributed by atoms with van der Waals surface area (Å²) in [5.41, 5.74) is 2.87. The van der Waals surface area contributed by atoms with Gasteiger partial charge in [-0.05, 0) is 37.3 Å². The Morgan fingerprint density at radius 1 is 1.15 bits per heavy atom. The Balaban J connectivity index is 2.18. The van der Waals surface area contributed by atoms with Gasteiger partial charge >= 0.3 is 0 Å². The molecule has 106 valence electrons. The topological polar surface area (TPSA) is 31.4 Å². The molecule has 0 bridgehead atoms. The van der Waals surface area contributed by atoms with Crippen LogP contribution in [-0.2, 0) is 11.9 Å². The van der Waals surface area contributed by atoms with E-state index in [0.29, 0.717) is 11.9 Å². The second kappa shape index (κ2) is 7.09. The molecule has 0 aliphatic heterocycles. The van der Waals surface area contributed by atoms with Crippen LogP contribution in [0.5, 0.6) is 11.5 Å². The third kappa shape index (κ3) is 3.73. The van der Waals surface area contributed by atoms with E-state index in [-0.39, 0.29) is 0 Å². The first kappa shape index (κ1) is 15.3. The van der Waals surface area contributed by atoms with E-state index in [4.69, 9.17) is 9.47 Å². The molecule has 0 aliphatic carbocycles. The number of rotatable bonds is 5. The number of alkyl halides is 1. The number of pyridine rings is 1. The first-order valence-electron chi connectivity index (χ1n) is 6.11. The van der Waals surface area contributed by atoms with Gasteiger partial charge in [-0.1, -0.05) is 31.9 Å². The number of methoxy groups -OCH3 is 1. The van der Waals surface area contributed by atoms with Crippen LogP contribution in [0.1, 0.15) is 17.0 Å². The third-order valence-corrected chi connectivity index (χ3v) is 3.85. The fourth-order valence-corrected chi connectivity index (χ4v) is 2.65. The Morgan fingerprint density at radius 2 is 1.90 bits per heavy atom. The molecule has 0 fully saturated rings. The van der Waals surface area contributed by atoms with E-state index < -0.39 is 0 Å². The average molecular weight is 401 g/mol. The van der Waals surface area contributed by atoms with Crippen LogP contribution in [0.2, 0.25) is 0 Å². The summed E-state index contributed by atoms with van der Waals surface area (Å²) in [6, 6.07) is 9.75. The van der Waals surface area contributed by atoms with E-state index in [2.05, 4.69) is 36.8 Å². The van der Waals surface area contributed by atoms with Gasteiger partial charge in [0.15, 0.2) is 0 Å². The quantitative estimate of drug-likeness (QED) is 0.685. The van der Waals surface area contributed by atoms with Gasteiger partial charge in [0.1, 0.15) is 18.1 Å². The second-order valence-corrected chi connectivity index (χ2v) is 5.75. The summed E-state index contributed by atoms with van der Waals surface area (Å²) in [4.78, 5) is 4.45. The molecule has 3 nitrogen and oxygen atoms in total. The van der Waals surface area contributed by atoms with Gasteiger partial charge in [-0.3, -0.25) is 4.98 Å². The molecule has 0 aliphatic rings. The Labute approximate surface area is 135 Å². The van der Waals surface area contributed by atoms with Crippen LogP contribution in [0.15, 0.2) is 34.8 Å². The molecule has 0 radical (unpaired) electrons. The normalized spacial score (nSPS) is 10.4. The summed E-state index contributed by atoms with van der Waals surface area (Å²) in [6.45, 7) is 2.40. The van der Waals surface area contributed by atoms with Gasteiger partial charge in [0.25, 0.3) is 0 Å². The molecule has 0 spiro atoms. The zero-order chi connectivity index (χ0) is 14.5. The molecule has 5 heteroatoms. The Kier molecular flexibility index (Phi) is 5.43. The zero-order valence-corrected chi connectivity index (χ0v) is 14.5. The van der Waals surface area contributed by atoms with E-state index in [9.17, 15) is 0 Å². The minimum atomic E-state index is 0.438. The van der Waals surface area contributed by atoms with Crippen LogP contribution >= 0.6 is 31.9 Å². The highest BCUT2D eigenvalue weighted by Crippen LogP contribution is 2.26. The van der Waals surface area contributed by atoms with Gasteiger partial charge in [0, 0.05) is 21.1 Å². The maximum absolute atomic E-state index is 5.87. The van der Waals surface area contributed by atoms with Crippen molar-refractivity contribution in [3.63, 3.8) is 0 Å². The molecule has 1 aromatic carbocycles. The predicted octanol–water partition coefficient (Wildman–Crippen LogP) is 4.64. The standard InChI is InChI=1S/C15H15Br2NO2/c1-10-3-5-15(13(8-16)18-10)20-9-11-7-12(17)4-6-14(11)19-2/h3-7H,8-9H2,1-2H3. The summed E-state index contributed by atoms with van der Waals surface area (Å²) < 4.78 is 12.2. The first-order chi connectivity index (χ1) is 9.63. The number of nitrogens with zero attached hydrogens (tertiary/aromatic N) is 1. The van der Waals surface area contributed by atoms with Crippen LogP contribution in [0, 0.1) is 6.92 Å². The minimum Gasteiger partial charge on any atom is -0.496 e. The first-order valence-corrected chi connectivity index (χ1v) is 8.03. The third-order valence-electron chi connectivity index (χ3n) is 2.82. The number of aromatic nitrogens is 1. The van der Waals surface area contributed by atoms with Crippen molar-refractivity contribution in [2.75, 3.05) is 7.11 Å². The summed E-state index contributed by atoms with van der Waals surface area (Å²) in [5, 5.41) is 0.666. The lowest BCUT2D eigenvalue weighted by Crippen LogP contribution is -2.02. The molecule has 1 heterocycles. The SMILES string of the molecule is COc1ccc(Br)cc1COc1ccc(C)nc1CBr. The number of halogens is 2. The Hall–Kier alpha value is -1.07. The van der Waals surface area contributed by atoms with Crippen LogP contribution in [0.4, 0.5) is 0 Å². The Morgan fingerprint density at radius 3 is 2.60 bits per heavy atom. The molecule has 0 N–H and O–H groups in total. The van der Waals surface area contributed by atoms with Crippen molar-refractivity contribution in [2.45, 2.75) is 18.9 Å². The zero-order valence-electron chi connectivity index (χ0n) is 11.3. The van der Waals surface area contributed by atoms with E-state index in [0.717, 1.165) is 32.9 Å². The molecule has 1 aromatic heterocycles. The van der Waals surface area contributed by atoms with Gasteiger partial charge in [-0.15, -0.1) is 0 Å². The summed E-state index contributed by atoms with van der Waals surface area (Å²) in [5.74, 6) is 1.60. The fourth-order valence-electron chi connectivity index (χ4n) is 1.84. The summed E-state index contributed by atoms with van der Waals surface area (Å²) in [7, 11) is 1.66. The maximum Gasteiger partial charge on any atom is 0.142 e. The fraction of sp³-hybridized carbons (Fsp3) is 0.267. The molecule has 2 rings (SSSR count). The minimum absolute atomic E-state index is 0.438. The highest BCUT2D eigenvalue weighted by atomic mass is 79.9. The Bertz CT molecular complexity index is 602. The molecule has 0 atom stereocenters. The smallest absolute Gasteiger partial charge is 0.142 e. The number of aryl methyl sites for hydroxylation is 1. The number of hydrogen-bond acceptors (Lipinski definition) is 3. The summed E-state index contributed by atoms with van der Waals surface area (Å²) >= 11 is 6.89. The van der Waals surface area contributed by atoms with Crippen LogP contribution in [0.25, 0.3) is 0 Å². The van der Waals surface area contributed by atoms with Crippen LogP contribution in [-0.4, -0.2) is 12.1 Å². The maximum atomic E-state index is 5.87. The predicted molar refractivity (Wildman–Crippen MR) is 86.6 cm³/mol. The number of hydrogen-bond donors (Lipinski definition) is 0. The van der Waals surface area contributed by atoms with Gasteiger partial charge in [0.2, 0.25) is 0 Å². The number of benzene rings is 1. The molecule has 2 aromatic rings. The van der Waals surface area contributed by atoms with E-state index in [1.165, 1.54) is 0 Å². The van der Waals surface area contributed by atoms with Gasteiger partial charge in [-0.25, -0.2) is 0 Å². The van der Waals surface area contributed by atoms with Crippen molar-refractivity contribution >= 4 is 31.9 Å². The molecular weight excluding hydrogens is 386 g/mol. The van der Waals surface area contributed by atoms with Gasteiger partial charge in [-0.2, -0.15) is 0 Å². The lowest BCUT2D eigenvalue weighted by molar-refractivity contribution is 0.293. The van der Waals surface area contributed by atoms with Gasteiger partial charge < -0.3 is 9.47 Å². The second-order valence-electron chi connectivity index (χ2n) is 4.28. The number of ether oxygens (including phenoxy) is 2. The van der Waals surface area contributed by atoms with Crippen molar-refractivity contribution < 1.29 is 9.47 Å². The monoisotopic (exact) mass is 399 g/mol. The van der Waals surface area contributed by atoms with Crippen molar-refractivity contribution in [1.29, 1.82) is 0 Å².